The molecule has 4 heterocycles. The molecule has 4 atom stereocenters. The number of amides is 1. The van der Waals surface area contributed by atoms with Crippen LogP contribution in [0.1, 0.15) is 40.2 Å². The van der Waals surface area contributed by atoms with E-state index in [2.05, 4.69) is 46.6 Å². The van der Waals surface area contributed by atoms with Crippen molar-refractivity contribution in [3.05, 3.63) is 52.9 Å². The van der Waals surface area contributed by atoms with Crippen molar-refractivity contribution < 1.29 is 14.1 Å². The molecule has 2 aromatic rings. The van der Waals surface area contributed by atoms with E-state index in [0.717, 1.165) is 32.5 Å². The Morgan fingerprint density at radius 1 is 1.32 bits per heavy atom. The molecule has 1 amide bonds. The molecule has 2 bridgehead atoms. The average Bonchev–Trinajstić information content (AvgIpc) is 3.42. The summed E-state index contributed by atoms with van der Waals surface area (Å²) in [6.07, 6.45) is 2.50. The normalized spacial score (nSPS) is 31.3. The van der Waals surface area contributed by atoms with Crippen molar-refractivity contribution in [2.24, 2.45) is 11.8 Å². The van der Waals surface area contributed by atoms with E-state index in [0.29, 0.717) is 29.8 Å². The third-order valence-electron chi connectivity index (χ3n) is 6.74. The van der Waals surface area contributed by atoms with Crippen LogP contribution < -0.4 is 5.32 Å². The highest BCUT2D eigenvalue weighted by molar-refractivity contribution is 5.92. The van der Waals surface area contributed by atoms with Gasteiger partial charge < -0.3 is 14.6 Å². The first kappa shape index (κ1) is 17.9. The number of rotatable bonds is 5. The predicted octanol–water partition coefficient (Wildman–Crippen LogP) is 2.70. The number of likely N-dealkylation sites (tertiary alicyclic amines) is 1. The molecule has 28 heavy (non-hydrogen) atoms. The second kappa shape index (κ2) is 6.71. The van der Waals surface area contributed by atoms with Crippen molar-refractivity contribution in [2.45, 2.75) is 44.9 Å². The number of hydrogen-bond donors (Lipinski definition) is 1. The first-order chi connectivity index (χ1) is 13.5. The van der Waals surface area contributed by atoms with Gasteiger partial charge in [0.1, 0.15) is 5.76 Å². The molecule has 0 saturated carbocycles. The van der Waals surface area contributed by atoms with Gasteiger partial charge in [-0.05, 0) is 32.3 Å². The maximum absolute atomic E-state index is 12.4. The number of benzene rings is 1. The maximum atomic E-state index is 12.4. The van der Waals surface area contributed by atoms with Crippen LogP contribution in [-0.2, 0) is 11.3 Å². The number of aryl methyl sites for hydroxylation is 2. The van der Waals surface area contributed by atoms with Crippen molar-refractivity contribution in [2.75, 3.05) is 19.6 Å². The lowest BCUT2D eigenvalue weighted by atomic mass is 9.73. The van der Waals surface area contributed by atoms with Gasteiger partial charge in [0.15, 0.2) is 5.69 Å². The van der Waals surface area contributed by atoms with Crippen molar-refractivity contribution in [1.82, 2.24) is 15.4 Å². The van der Waals surface area contributed by atoms with E-state index in [1.54, 1.807) is 13.0 Å². The van der Waals surface area contributed by atoms with E-state index in [1.165, 1.54) is 11.1 Å². The van der Waals surface area contributed by atoms with E-state index in [1.807, 2.05) is 0 Å². The third-order valence-corrected chi connectivity index (χ3v) is 6.74. The zero-order valence-corrected chi connectivity index (χ0v) is 16.5. The molecule has 0 radical (unpaired) electrons. The number of hydrogen-bond acceptors (Lipinski definition) is 5. The van der Waals surface area contributed by atoms with E-state index in [-0.39, 0.29) is 17.6 Å². The quantitative estimate of drug-likeness (QED) is 0.863. The summed E-state index contributed by atoms with van der Waals surface area (Å²) in [6, 6.07) is 10.5. The van der Waals surface area contributed by atoms with Gasteiger partial charge in [-0.1, -0.05) is 35.0 Å². The number of carbonyl (C=O) groups excluding carboxylic acids is 1. The second-order valence-corrected chi connectivity index (χ2v) is 8.72. The molecule has 0 unspecified atom stereocenters. The highest BCUT2D eigenvalue weighted by Crippen LogP contribution is 2.54. The van der Waals surface area contributed by atoms with Crippen molar-refractivity contribution in [3.8, 4) is 0 Å². The Kier molecular flexibility index (Phi) is 4.29. The van der Waals surface area contributed by atoms with Crippen LogP contribution in [0.4, 0.5) is 0 Å². The van der Waals surface area contributed by atoms with Crippen LogP contribution in [0.5, 0.6) is 0 Å². The number of carbonyl (C=O) groups is 1. The summed E-state index contributed by atoms with van der Waals surface area (Å²) in [6.45, 7) is 7.54. The monoisotopic (exact) mass is 381 g/mol. The topological polar surface area (TPSA) is 67.6 Å². The molecule has 6 nitrogen and oxygen atoms in total. The Morgan fingerprint density at radius 3 is 2.89 bits per heavy atom. The summed E-state index contributed by atoms with van der Waals surface area (Å²) in [5.74, 6) is 1.34. The van der Waals surface area contributed by atoms with Crippen molar-refractivity contribution in [3.63, 3.8) is 0 Å². The molecule has 1 N–H and O–H groups in total. The average molecular weight is 381 g/mol. The van der Waals surface area contributed by atoms with Gasteiger partial charge >= 0.3 is 0 Å². The zero-order chi connectivity index (χ0) is 19.3. The first-order valence-electron chi connectivity index (χ1n) is 10.2. The predicted molar refractivity (Wildman–Crippen MR) is 104 cm³/mol. The number of nitrogens with zero attached hydrogens (tertiary/aromatic N) is 2. The Labute approximate surface area is 165 Å². The highest BCUT2D eigenvalue weighted by Gasteiger charge is 2.62. The van der Waals surface area contributed by atoms with Gasteiger partial charge in [0, 0.05) is 44.1 Å². The van der Waals surface area contributed by atoms with E-state index < -0.39 is 0 Å². The molecule has 1 aromatic carbocycles. The lowest BCUT2D eigenvalue weighted by molar-refractivity contribution is 0.00212. The zero-order valence-electron chi connectivity index (χ0n) is 16.5. The Hall–Kier alpha value is -2.18. The molecule has 1 spiro atoms. The number of nitrogens with one attached hydrogen (secondary N) is 1. The lowest BCUT2D eigenvalue weighted by Crippen LogP contribution is -2.42. The van der Waals surface area contributed by atoms with Gasteiger partial charge in [0.2, 0.25) is 0 Å². The summed E-state index contributed by atoms with van der Waals surface area (Å²) in [5, 5.41) is 6.87. The standard InChI is InChI=1S/C22H27N3O3/c1-14-3-5-16(6-4-14)11-25-12-18-17(20-7-8-22(18,13-25)27-20)10-23-21(26)19-9-15(2)28-24-19/h3-6,9,17-18,20H,7-8,10-13H2,1-2H3,(H,23,26)/t17-,18+,20+,22+/m0/s1. The minimum absolute atomic E-state index is 0.0186. The van der Waals surface area contributed by atoms with Gasteiger partial charge in [-0.15, -0.1) is 0 Å². The first-order valence-corrected chi connectivity index (χ1v) is 10.2. The third kappa shape index (κ3) is 3.05. The van der Waals surface area contributed by atoms with Crippen LogP contribution in [0.2, 0.25) is 0 Å². The van der Waals surface area contributed by atoms with Crippen molar-refractivity contribution >= 4 is 5.91 Å². The molecule has 5 rings (SSSR count). The fourth-order valence-corrected chi connectivity index (χ4v) is 5.41. The molecule has 3 fully saturated rings. The summed E-state index contributed by atoms with van der Waals surface area (Å²) in [5.41, 5.74) is 2.97. The minimum atomic E-state index is -0.164. The van der Waals surface area contributed by atoms with Gasteiger partial charge in [-0.3, -0.25) is 9.69 Å². The lowest BCUT2D eigenvalue weighted by Gasteiger charge is -2.29. The molecule has 3 saturated heterocycles. The van der Waals surface area contributed by atoms with E-state index >= 15 is 0 Å². The van der Waals surface area contributed by atoms with Crippen LogP contribution in [0, 0.1) is 25.7 Å². The molecular formula is C22H27N3O3. The SMILES string of the molecule is Cc1ccc(CN2C[C@@H]3[C@H](CNC(=O)c4cc(C)on4)[C@H]4CC[C@]3(C2)O4)cc1. The number of aromatic nitrogens is 1. The second-order valence-electron chi connectivity index (χ2n) is 8.72. The summed E-state index contributed by atoms with van der Waals surface area (Å²) in [7, 11) is 0. The molecule has 1 aromatic heterocycles. The molecule has 3 aliphatic rings. The smallest absolute Gasteiger partial charge is 0.273 e. The van der Waals surface area contributed by atoms with Crippen LogP contribution in [0.15, 0.2) is 34.9 Å². The van der Waals surface area contributed by atoms with Crippen LogP contribution in [0.25, 0.3) is 0 Å². The summed E-state index contributed by atoms with van der Waals surface area (Å²) >= 11 is 0. The molecule has 6 heteroatoms. The van der Waals surface area contributed by atoms with E-state index in [4.69, 9.17) is 9.26 Å². The summed E-state index contributed by atoms with van der Waals surface area (Å²) in [4.78, 5) is 14.9. The Balaban J connectivity index is 1.24. The van der Waals surface area contributed by atoms with Gasteiger partial charge in [0.25, 0.3) is 5.91 Å². The largest absolute Gasteiger partial charge is 0.370 e. The maximum Gasteiger partial charge on any atom is 0.273 e. The molecule has 3 aliphatic heterocycles. The van der Waals surface area contributed by atoms with E-state index in [9.17, 15) is 4.79 Å². The fraction of sp³-hybridized carbons (Fsp3) is 0.545. The van der Waals surface area contributed by atoms with Crippen LogP contribution >= 0.6 is 0 Å². The summed E-state index contributed by atoms with van der Waals surface area (Å²) < 4.78 is 11.5. The molecular weight excluding hydrogens is 354 g/mol. The highest BCUT2D eigenvalue weighted by atomic mass is 16.5. The Bertz CT molecular complexity index is 877. The molecule has 148 valence electrons. The fourth-order valence-electron chi connectivity index (χ4n) is 5.41. The number of ether oxygens (including phenoxy) is 1. The number of fused-ring (bicyclic) bond motifs is 1. The Morgan fingerprint density at radius 2 is 2.14 bits per heavy atom. The van der Waals surface area contributed by atoms with Crippen LogP contribution in [-0.4, -0.2) is 47.3 Å². The van der Waals surface area contributed by atoms with Gasteiger partial charge in [-0.2, -0.15) is 0 Å². The molecule has 0 aliphatic carbocycles. The van der Waals surface area contributed by atoms with Gasteiger partial charge in [-0.25, -0.2) is 0 Å². The van der Waals surface area contributed by atoms with Crippen molar-refractivity contribution in [1.29, 1.82) is 0 Å². The van der Waals surface area contributed by atoms with Gasteiger partial charge in [0.05, 0.1) is 11.7 Å². The minimum Gasteiger partial charge on any atom is -0.370 e. The van der Waals surface area contributed by atoms with Crippen LogP contribution in [0.3, 0.4) is 0 Å².